The van der Waals surface area contributed by atoms with E-state index in [1.165, 1.54) is 0 Å². The van der Waals surface area contributed by atoms with Crippen LogP contribution in [0.2, 0.25) is 0 Å². The van der Waals surface area contributed by atoms with Gasteiger partial charge in [-0.15, -0.1) is 0 Å². The van der Waals surface area contributed by atoms with Gasteiger partial charge in [0.05, 0.1) is 31.6 Å². The van der Waals surface area contributed by atoms with Crippen LogP contribution < -0.4 is 11.1 Å². The van der Waals surface area contributed by atoms with Crippen LogP contribution in [0.5, 0.6) is 0 Å². The number of rotatable bonds is 5. The van der Waals surface area contributed by atoms with Crippen molar-refractivity contribution in [3.8, 4) is 0 Å². The van der Waals surface area contributed by atoms with Gasteiger partial charge in [0, 0.05) is 0 Å². The van der Waals surface area contributed by atoms with Crippen molar-refractivity contribution in [2.75, 3.05) is 13.2 Å². The number of amides is 2. The largest absolute Gasteiger partial charge is 0.376 e. The average molecular weight is 262 g/mol. The van der Waals surface area contributed by atoms with E-state index in [1.807, 2.05) is 31.2 Å². The molecule has 19 heavy (non-hydrogen) atoms. The molecule has 1 saturated heterocycles. The second-order valence-electron chi connectivity index (χ2n) is 5.13. The molecule has 2 rings (SSSR count). The molecule has 0 bridgehead atoms. The van der Waals surface area contributed by atoms with Gasteiger partial charge in [0.25, 0.3) is 0 Å². The number of carbonyl (C=O) groups excluding carboxylic acids is 2. The van der Waals surface area contributed by atoms with Crippen molar-refractivity contribution >= 4 is 11.8 Å². The van der Waals surface area contributed by atoms with Crippen molar-refractivity contribution in [2.24, 2.45) is 5.73 Å². The molecule has 0 radical (unpaired) electrons. The molecule has 1 fully saturated rings. The molecular weight excluding hydrogens is 244 g/mol. The summed E-state index contributed by atoms with van der Waals surface area (Å²) in [6, 6.07) is 7.78. The van der Waals surface area contributed by atoms with Gasteiger partial charge < -0.3 is 15.8 Å². The molecule has 1 aromatic rings. The average Bonchev–Trinajstić information content (AvgIpc) is 2.25. The smallest absolute Gasteiger partial charge is 0.225 e. The van der Waals surface area contributed by atoms with Gasteiger partial charge in [0.15, 0.2) is 0 Å². The molecule has 5 heteroatoms. The number of hydrogen-bond donors (Lipinski definition) is 2. The van der Waals surface area contributed by atoms with Crippen molar-refractivity contribution in [3.63, 3.8) is 0 Å². The zero-order valence-electron chi connectivity index (χ0n) is 10.9. The predicted octanol–water partition coefficient (Wildman–Crippen LogP) is 0.298. The highest BCUT2D eigenvalue weighted by molar-refractivity contribution is 5.81. The predicted molar refractivity (Wildman–Crippen MR) is 70.4 cm³/mol. The van der Waals surface area contributed by atoms with Crippen LogP contribution in [-0.4, -0.2) is 30.6 Å². The maximum absolute atomic E-state index is 12.0. The van der Waals surface area contributed by atoms with Crippen LogP contribution in [0.25, 0.3) is 0 Å². The minimum atomic E-state index is -0.604. The van der Waals surface area contributed by atoms with Crippen molar-refractivity contribution in [2.45, 2.75) is 25.3 Å². The summed E-state index contributed by atoms with van der Waals surface area (Å²) < 4.78 is 5.09. The van der Waals surface area contributed by atoms with Gasteiger partial charge in [-0.1, -0.05) is 29.8 Å². The van der Waals surface area contributed by atoms with Crippen LogP contribution in [0.3, 0.4) is 0 Å². The molecule has 0 saturated carbocycles. The summed E-state index contributed by atoms with van der Waals surface area (Å²) in [5.41, 5.74) is 6.65. The fraction of sp³-hybridized carbons (Fsp3) is 0.429. The fourth-order valence-electron chi connectivity index (χ4n) is 2.25. The molecule has 5 nitrogen and oxygen atoms in total. The summed E-state index contributed by atoms with van der Waals surface area (Å²) >= 11 is 0. The summed E-state index contributed by atoms with van der Waals surface area (Å²) in [4.78, 5) is 23.0. The van der Waals surface area contributed by atoms with Gasteiger partial charge in [-0.25, -0.2) is 0 Å². The van der Waals surface area contributed by atoms with Gasteiger partial charge >= 0.3 is 0 Å². The fourth-order valence-corrected chi connectivity index (χ4v) is 2.25. The zero-order valence-corrected chi connectivity index (χ0v) is 10.9. The number of carbonyl (C=O) groups is 2. The van der Waals surface area contributed by atoms with E-state index in [2.05, 4.69) is 5.32 Å². The van der Waals surface area contributed by atoms with Crippen molar-refractivity contribution in [1.82, 2.24) is 5.32 Å². The van der Waals surface area contributed by atoms with E-state index in [0.29, 0.717) is 19.6 Å². The Hall–Kier alpha value is -1.88. The van der Waals surface area contributed by atoms with Crippen LogP contribution in [0.15, 0.2) is 24.3 Å². The Labute approximate surface area is 112 Å². The zero-order chi connectivity index (χ0) is 13.9. The highest BCUT2D eigenvalue weighted by Gasteiger charge is 2.41. The van der Waals surface area contributed by atoms with Gasteiger partial charge in [-0.05, 0) is 12.5 Å². The Kier molecular flexibility index (Phi) is 3.85. The molecular formula is C14H18N2O3. The molecule has 1 aromatic carbocycles. The second kappa shape index (κ2) is 5.40. The summed E-state index contributed by atoms with van der Waals surface area (Å²) in [5.74, 6) is -0.547. The van der Waals surface area contributed by atoms with Crippen LogP contribution in [0.1, 0.15) is 17.5 Å². The van der Waals surface area contributed by atoms with Gasteiger partial charge in [0.2, 0.25) is 11.8 Å². The molecule has 3 N–H and O–H groups in total. The topological polar surface area (TPSA) is 81.4 Å². The summed E-state index contributed by atoms with van der Waals surface area (Å²) in [6.45, 7) is 2.67. The first-order chi connectivity index (χ1) is 8.99. The van der Waals surface area contributed by atoms with E-state index in [-0.39, 0.29) is 12.3 Å². The lowest BCUT2D eigenvalue weighted by molar-refractivity contribution is -0.137. The minimum Gasteiger partial charge on any atom is -0.376 e. The Morgan fingerprint density at radius 3 is 2.68 bits per heavy atom. The van der Waals surface area contributed by atoms with E-state index in [1.54, 1.807) is 0 Å². The van der Waals surface area contributed by atoms with E-state index >= 15 is 0 Å². The van der Waals surface area contributed by atoms with E-state index in [9.17, 15) is 9.59 Å². The molecule has 1 heterocycles. The SMILES string of the molecule is Cc1cccc(CC(=O)NC2(CC(N)=O)COC2)c1. The third-order valence-electron chi connectivity index (χ3n) is 3.12. The third-order valence-corrected chi connectivity index (χ3v) is 3.12. The summed E-state index contributed by atoms with van der Waals surface area (Å²) in [5, 5.41) is 2.86. The number of primary amides is 1. The number of nitrogens with two attached hydrogens (primary N) is 1. The first kappa shape index (κ1) is 13.5. The lowest BCUT2D eigenvalue weighted by atomic mass is 9.92. The highest BCUT2D eigenvalue weighted by atomic mass is 16.5. The van der Waals surface area contributed by atoms with Crippen LogP contribution >= 0.6 is 0 Å². The van der Waals surface area contributed by atoms with Crippen LogP contribution in [-0.2, 0) is 20.7 Å². The summed E-state index contributed by atoms with van der Waals surface area (Å²) in [6.07, 6.45) is 0.411. The second-order valence-corrected chi connectivity index (χ2v) is 5.13. The molecule has 0 spiro atoms. The van der Waals surface area contributed by atoms with E-state index < -0.39 is 11.4 Å². The first-order valence-corrected chi connectivity index (χ1v) is 6.22. The highest BCUT2D eigenvalue weighted by Crippen LogP contribution is 2.21. The normalized spacial score (nSPS) is 16.5. The third kappa shape index (κ3) is 3.54. The Morgan fingerprint density at radius 1 is 1.42 bits per heavy atom. The molecule has 0 unspecified atom stereocenters. The van der Waals surface area contributed by atoms with Gasteiger partial charge in [-0.2, -0.15) is 0 Å². The molecule has 0 aliphatic carbocycles. The number of benzene rings is 1. The quantitative estimate of drug-likeness (QED) is 0.800. The maximum Gasteiger partial charge on any atom is 0.225 e. The molecule has 0 atom stereocenters. The molecule has 102 valence electrons. The van der Waals surface area contributed by atoms with E-state index in [0.717, 1.165) is 11.1 Å². The van der Waals surface area contributed by atoms with Crippen molar-refractivity contribution in [1.29, 1.82) is 0 Å². The number of ether oxygens (including phenoxy) is 1. The Bertz CT molecular complexity index is 495. The lowest BCUT2D eigenvalue weighted by Crippen LogP contribution is -2.63. The van der Waals surface area contributed by atoms with Gasteiger partial charge in [-0.3, -0.25) is 9.59 Å². The lowest BCUT2D eigenvalue weighted by Gasteiger charge is -2.41. The number of hydrogen-bond acceptors (Lipinski definition) is 3. The van der Waals surface area contributed by atoms with Crippen LogP contribution in [0.4, 0.5) is 0 Å². The number of nitrogens with one attached hydrogen (secondary N) is 1. The first-order valence-electron chi connectivity index (χ1n) is 6.22. The van der Waals surface area contributed by atoms with Crippen molar-refractivity contribution in [3.05, 3.63) is 35.4 Å². The molecule has 2 amide bonds. The van der Waals surface area contributed by atoms with Gasteiger partial charge in [0.1, 0.15) is 0 Å². The maximum atomic E-state index is 12.0. The Balaban J connectivity index is 1.95. The monoisotopic (exact) mass is 262 g/mol. The minimum absolute atomic E-state index is 0.116. The molecule has 1 aliphatic rings. The number of aryl methyl sites for hydroxylation is 1. The van der Waals surface area contributed by atoms with Crippen molar-refractivity contribution < 1.29 is 14.3 Å². The Morgan fingerprint density at radius 2 is 2.16 bits per heavy atom. The standard InChI is InChI=1S/C14H18N2O3/c1-10-3-2-4-11(5-10)6-13(18)16-14(7-12(15)17)8-19-9-14/h2-5H,6-9H2,1H3,(H2,15,17)(H,16,18). The van der Waals surface area contributed by atoms with Crippen LogP contribution in [0, 0.1) is 6.92 Å². The summed E-state index contributed by atoms with van der Waals surface area (Å²) in [7, 11) is 0. The molecule has 1 aliphatic heterocycles. The van der Waals surface area contributed by atoms with E-state index in [4.69, 9.17) is 10.5 Å². The molecule has 0 aromatic heterocycles.